The highest BCUT2D eigenvalue weighted by Crippen LogP contribution is 2.51. The van der Waals surface area contributed by atoms with Crippen LogP contribution >= 0.6 is 11.3 Å². The maximum Gasteiger partial charge on any atom is 0.143 e. The molecule has 302 valence electrons. The van der Waals surface area contributed by atoms with E-state index in [0.717, 1.165) is 50.1 Å². The zero-order valence-electron chi connectivity index (χ0n) is 35.5. The van der Waals surface area contributed by atoms with Gasteiger partial charge < -0.3 is 9.32 Å². The highest BCUT2D eigenvalue weighted by molar-refractivity contribution is 7.26. The van der Waals surface area contributed by atoms with Gasteiger partial charge in [0.25, 0.3) is 0 Å². The first-order valence-electron chi connectivity index (χ1n) is 22.1. The summed E-state index contributed by atoms with van der Waals surface area (Å²) in [6.45, 7) is 4.71. The number of furan rings is 1. The van der Waals surface area contributed by atoms with Gasteiger partial charge in [-0.2, -0.15) is 0 Å². The second-order valence-corrected chi connectivity index (χ2v) is 18.7. The molecule has 1 aliphatic rings. The van der Waals surface area contributed by atoms with E-state index in [1.165, 1.54) is 75.5 Å². The summed E-state index contributed by atoms with van der Waals surface area (Å²) in [7, 11) is 0. The van der Waals surface area contributed by atoms with Crippen molar-refractivity contribution < 1.29 is 4.42 Å². The highest BCUT2D eigenvalue weighted by atomic mass is 32.1. The van der Waals surface area contributed by atoms with E-state index >= 15 is 0 Å². The van der Waals surface area contributed by atoms with Crippen molar-refractivity contribution in [3.63, 3.8) is 0 Å². The van der Waals surface area contributed by atoms with Crippen LogP contribution in [-0.2, 0) is 5.41 Å². The van der Waals surface area contributed by atoms with Gasteiger partial charge in [-0.3, -0.25) is 0 Å². The van der Waals surface area contributed by atoms with Crippen molar-refractivity contribution in [3.8, 4) is 44.5 Å². The quantitative estimate of drug-likeness (QED) is 0.166. The van der Waals surface area contributed by atoms with Gasteiger partial charge in [0.1, 0.15) is 11.2 Å². The van der Waals surface area contributed by atoms with Crippen LogP contribution in [0.5, 0.6) is 0 Å². The number of benzene rings is 10. The predicted molar refractivity (Wildman–Crippen MR) is 273 cm³/mol. The van der Waals surface area contributed by atoms with Gasteiger partial charge in [0.15, 0.2) is 0 Å². The van der Waals surface area contributed by atoms with Gasteiger partial charge in [0, 0.05) is 59.0 Å². The lowest BCUT2D eigenvalue weighted by atomic mass is 9.82. The van der Waals surface area contributed by atoms with E-state index in [1.807, 2.05) is 11.3 Å². The summed E-state index contributed by atoms with van der Waals surface area (Å²) < 4.78 is 9.58. The van der Waals surface area contributed by atoms with Gasteiger partial charge in [0.2, 0.25) is 0 Å². The van der Waals surface area contributed by atoms with E-state index in [2.05, 4.69) is 231 Å². The lowest BCUT2D eigenvalue weighted by Gasteiger charge is -2.28. The minimum absolute atomic E-state index is 0.137. The molecular formula is C61H41NOS. The minimum Gasteiger partial charge on any atom is -0.455 e. The zero-order chi connectivity index (χ0) is 42.5. The first-order valence-corrected chi connectivity index (χ1v) is 22.9. The van der Waals surface area contributed by atoms with Gasteiger partial charge in [-0.25, -0.2) is 0 Å². The molecule has 0 bridgehead atoms. The maximum atomic E-state index is 6.93. The Hall–Kier alpha value is -7.72. The molecule has 0 N–H and O–H groups in total. The van der Waals surface area contributed by atoms with Crippen molar-refractivity contribution in [3.05, 3.63) is 223 Å². The average molecular weight is 836 g/mol. The minimum atomic E-state index is -0.137. The standard InChI is InChI=1S/C61H41NOS/c1-61(2)54-21-10-8-17-48(54)49-33-31-45(37-55(49)61)62(43-29-27-40(28-30-43)47-19-12-20-51-50-18-9-11-22-57(50)64-60(47)51)44-32-34-56-52(36-44)53-35-42-15-6-7-16-46(42)58(59(53)63-56)41-25-23-39(24-26-41)38-13-4-3-5-14-38/h3-37H,1-2H3. The maximum absolute atomic E-state index is 6.93. The van der Waals surface area contributed by atoms with Crippen molar-refractivity contribution in [2.75, 3.05) is 4.90 Å². The molecule has 0 saturated heterocycles. The lowest BCUT2D eigenvalue weighted by Crippen LogP contribution is -2.16. The molecule has 10 aromatic carbocycles. The summed E-state index contributed by atoms with van der Waals surface area (Å²) in [5, 5.41) is 7.19. The van der Waals surface area contributed by atoms with E-state index in [1.54, 1.807) is 0 Å². The molecule has 12 aromatic rings. The molecule has 2 aromatic heterocycles. The van der Waals surface area contributed by atoms with E-state index in [4.69, 9.17) is 4.42 Å². The van der Waals surface area contributed by atoms with Crippen LogP contribution < -0.4 is 4.90 Å². The van der Waals surface area contributed by atoms with Gasteiger partial charge in [-0.1, -0.05) is 172 Å². The first-order chi connectivity index (χ1) is 31.5. The summed E-state index contributed by atoms with van der Waals surface area (Å²) in [6.07, 6.45) is 0. The van der Waals surface area contributed by atoms with Crippen molar-refractivity contribution in [1.29, 1.82) is 0 Å². The van der Waals surface area contributed by atoms with Crippen molar-refractivity contribution >= 4 is 81.3 Å². The Balaban J connectivity index is 0.982. The van der Waals surface area contributed by atoms with Crippen LogP contribution in [-0.4, -0.2) is 0 Å². The Morgan fingerprint density at radius 3 is 1.89 bits per heavy atom. The smallest absolute Gasteiger partial charge is 0.143 e. The number of nitrogens with zero attached hydrogens (tertiary/aromatic N) is 1. The Bertz CT molecular complexity index is 3800. The predicted octanol–water partition coefficient (Wildman–Crippen LogP) is 17.9. The topological polar surface area (TPSA) is 16.4 Å². The molecule has 0 saturated carbocycles. The molecule has 0 fully saturated rings. The molecule has 0 spiro atoms. The van der Waals surface area contributed by atoms with Gasteiger partial charge >= 0.3 is 0 Å². The molecule has 0 aliphatic heterocycles. The molecule has 1 aliphatic carbocycles. The molecule has 13 rings (SSSR count). The number of hydrogen-bond donors (Lipinski definition) is 0. The Labute approximate surface area is 375 Å². The Morgan fingerprint density at radius 1 is 0.406 bits per heavy atom. The normalized spacial score (nSPS) is 13.0. The Kier molecular flexibility index (Phi) is 8.16. The Morgan fingerprint density at radius 2 is 1.03 bits per heavy atom. The number of anilines is 3. The van der Waals surface area contributed by atoms with Crippen LogP contribution in [0.2, 0.25) is 0 Å². The van der Waals surface area contributed by atoms with E-state index in [-0.39, 0.29) is 5.41 Å². The fraction of sp³-hybridized carbons (Fsp3) is 0.0492. The van der Waals surface area contributed by atoms with Crippen LogP contribution in [0.3, 0.4) is 0 Å². The largest absolute Gasteiger partial charge is 0.455 e. The number of thiophene rings is 1. The highest BCUT2D eigenvalue weighted by Gasteiger charge is 2.36. The van der Waals surface area contributed by atoms with Crippen LogP contribution in [0.15, 0.2) is 217 Å². The molecule has 2 nitrogen and oxygen atoms in total. The summed E-state index contributed by atoms with van der Waals surface area (Å²) in [4.78, 5) is 2.42. The number of fused-ring (bicyclic) bond motifs is 10. The van der Waals surface area contributed by atoms with Gasteiger partial charge in [0.05, 0.1) is 0 Å². The molecule has 0 radical (unpaired) electrons. The second-order valence-electron chi connectivity index (χ2n) is 17.6. The van der Waals surface area contributed by atoms with Crippen LogP contribution in [0.4, 0.5) is 17.1 Å². The third-order valence-corrected chi connectivity index (χ3v) is 14.9. The van der Waals surface area contributed by atoms with Gasteiger partial charge in [-0.15, -0.1) is 11.3 Å². The summed E-state index contributed by atoms with van der Waals surface area (Å²) in [6, 6.07) is 77.7. The van der Waals surface area contributed by atoms with Crippen molar-refractivity contribution in [1.82, 2.24) is 0 Å². The van der Waals surface area contributed by atoms with E-state index in [9.17, 15) is 0 Å². The van der Waals surface area contributed by atoms with Crippen LogP contribution in [0, 0.1) is 0 Å². The molecule has 0 unspecified atom stereocenters. The summed E-state index contributed by atoms with van der Waals surface area (Å²) >= 11 is 1.88. The fourth-order valence-corrected chi connectivity index (χ4v) is 11.7. The number of rotatable bonds is 6. The molecule has 0 amide bonds. The van der Waals surface area contributed by atoms with Crippen molar-refractivity contribution in [2.45, 2.75) is 19.3 Å². The third-order valence-electron chi connectivity index (χ3n) is 13.7. The van der Waals surface area contributed by atoms with Crippen molar-refractivity contribution in [2.24, 2.45) is 0 Å². The summed E-state index contributed by atoms with van der Waals surface area (Å²) in [5.41, 5.74) is 17.4. The van der Waals surface area contributed by atoms with E-state index in [0.29, 0.717) is 0 Å². The van der Waals surface area contributed by atoms with E-state index < -0.39 is 0 Å². The average Bonchev–Trinajstić information content (AvgIpc) is 3.98. The first kappa shape index (κ1) is 36.9. The fourth-order valence-electron chi connectivity index (χ4n) is 10.5. The SMILES string of the molecule is CC1(C)c2ccccc2-c2ccc(N(c3ccc(-c4cccc5c4sc4ccccc45)cc3)c3ccc4oc5c(-c6ccc(-c7ccccc7)cc6)c6ccccc6cc5c4c3)cc21. The van der Waals surface area contributed by atoms with Gasteiger partial charge in [-0.05, 0) is 115 Å². The molecule has 64 heavy (non-hydrogen) atoms. The summed E-state index contributed by atoms with van der Waals surface area (Å²) in [5.74, 6) is 0. The van der Waals surface area contributed by atoms with Crippen LogP contribution in [0.25, 0.3) is 97.4 Å². The monoisotopic (exact) mass is 835 g/mol. The molecule has 2 heterocycles. The molecule has 3 heteroatoms. The lowest BCUT2D eigenvalue weighted by molar-refractivity contribution is 0.660. The van der Waals surface area contributed by atoms with Crippen LogP contribution in [0.1, 0.15) is 25.0 Å². The molecule has 0 atom stereocenters. The molecular weight excluding hydrogens is 795 g/mol. The third kappa shape index (κ3) is 5.64. The second kappa shape index (κ2) is 14.2. The zero-order valence-corrected chi connectivity index (χ0v) is 36.3. The number of hydrogen-bond acceptors (Lipinski definition) is 3.